The molecule has 128 valence electrons. The molecule has 0 aromatic heterocycles. The highest BCUT2D eigenvalue weighted by Crippen LogP contribution is 2.37. The smallest absolute Gasteiger partial charge is 0.276 e. The Balaban J connectivity index is 1.97. The van der Waals surface area contributed by atoms with Gasteiger partial charge in [-0.1, -0.05) is 12.1 Å². The van der Waals surface area contributed by atoms with Crippen LogP contribution in [0.25, 0.3) is 0 Å². The molecule has 1 aromatic carbocycles. The minimum absolute atomic E-state index is 0.194. The van der Waals surface area contributed by atoms with E-state index in [0.29, 0.717) is 12.8 Å². The van der Waals surface area contributed by atoms with Crippen LogP contribution in [-0.2, 0) is 10.7 Å². The van der Waals surface area contributed by atoms with Gasteiger partial charge in [-0.3, -0.25) is 9.59 Å². The fourth-order valence-corrected chi connectivity index (χ4v) is 2.33. The molecule has 1 aliphatic rings. The van der Waals surface area contributed by atoms with Gasteiger partial charge in [0.1, 0.15) is 11.4 Å². The van der Waals surface area contributed by atoms with Crippen molar-refractivity contribution in [2.45, 2.75) is 43.6 Å². The summed E-state index contributed by atoms with van der Waals surface area (Å²) < 4.78 is 42.3. The molecule has 0 bridgehead atoms. The van der Waals surface area contributed by atoms with E-state index in [2.05, 4.69) is 5.32 Å². The predicted octanol–water partition coefficient (Wildman–Crippen LogP) is 2.36. The summed E-state index contributed by atoms with van der Waals surface area (Å²) in [6.07, 6.45) is -0.0527. The predicted molar refractivity (Wildman–Crippen MR) is 78.4 cm³/mol. The Morgan fingerprint density at radius 3 is 2.58 bits per heavy atom. The number of amides is 2. The molecule has 0 aliphatic heterocycles. The Morgan fingerprint density at radius 2 is 2.04 bits per heavy atom. The largest absolute Gasteiger partial charge is 0.366 e. The molecule has 1 aromatic rings. The Morgan fingerprint density at radius 1 is 1.38 bits per heavy atom. The monoisotopic (exact) mass is 339 g/mol. The minimum atomic E-state index is -3.54. The molecule has 1 fully saturated rings. The van der Waals surface area contributed by atoms with Crippen LogP contribution in [0.2, 0.25) is 0 Å². The van der Waals surface area contributed by atoms with E-state index in [1.165, 1.54) is 0 Å². The van der Waals surface area contributed by atoms with Crippen LogP contribution in [0.4, 0.5) is 13.2 Å². The molecule has 1 saturated carbocycles. The number of hydrogen-bond donors (Lipinski definition) is 2. The van der Waals surface area contributed by atoms with Crippen molar-refractivity contribution in [3.05, 3.63) is 35.1 Å². The SMILES string of the molecule is N#CC1(NC(=O)CCCC(F)(F)c2cccc(C(N)=O)c2F)CC1. The molecule has 2 rings (SSSR count). The number of nitrogens with two attached hydrogens (primary N) is 1. The molecule has 5 nitrogen and oxygen atoms in total. The van der Waals surface area contributed by atoms with Crippen molar-refractivity contribution in [1.29, 1.82) is 5.26 Å². The van der Waals surface area contributed by atoms with Crippen LogP contribution in [0.15, 0.2) is 18.2 Å². The first-order chi connectivity index (χ1) is 11.2. The maximum atomic E-state index is 14.2. The Hall–Kier alpha value is -2.56. The van der Waals surface area contributed by atoms with Crippen LogP contribution in [0.5, 0.6) is 0 Å². The number of nitriles is 1. The van der Waals surface area contributed by atoms with E-state index < -0.39 is 46.6 Å². The molecule has 0 atom stereocenters. The zero-order valence-electron chi connectivity index (χ0n) is 12.7. The Bertz CT molecular complexity index is 709. The number of benzene rings is 1. The van der Waals surface area contributed by atoms with E-state index in [0.717, 1.165) is 18.2 Å². The number of nitrogens with one attached hydrogen (secondary N) is 1. The highest BCUT2D eigenvalue weighted by molar-refractivity contribution is 5.93. The number of rotatable bonds is 7. The van der Waals surface area contributed by atoms with Crippen LogP contribution in [0.3, 0.4) is 0 Å². The van der Waals surface area contributed by atoms with Crippen LogP contribution < -0.4 is 11.1 Å². The van der Waals surface area contributed by atoms with E-state index >= 15 is 0 Å². The molecule has 0 heterocycles. The van der Waals surface area contributed by atoms with Crippen molar-refractivity contribution in [2.24, 2.45) is 5.73 Å². The minimum Gasteiger partial charge on any atom is -0.366 e. The summed E-state index contributed by atoms with van der Waals surface area (Å²) in [4.78, 5) is 22.7. The van der Waals surface area contributed by atoms with Crippen molar-refractivity contribution in [3.63, 3.8) is 0 Å². The highest BCUT2D eigenvalue weighted by Gasteiger charge is 2.44. The first-order valence-corrected chi connectivity index (χ1v) is 7.40. The van der Waals surface area contributed by atoms with Gasteiger partial charge in [0.25, 0.3) is 11.8 Å². The lowest BCUT2D eigenvalue weighted by molar-refractivity contribution is -0.122. The van der Waals surface area contributed by atoms with Gasteiger partial charge in [-0.15, -0.1) is 0 Å². The van der Waals surface area contributed by atoms with Gasteiger partial charge in [-0.25, -0.2) is 13.2 Å². The molecule has 0 unspecified atom stereocenters. The number of primary amides is 1. The third kappa shape index (κ3) is 3.85. The van der Waals surface area contributed by atoms with Crippen molar-refractivity contribution in [2.75, 3.05) is 0 Å². The van der Waals surface area contributed by atoms with Crippen LogP contribution in [0, 0.1) is 17.1 Å². The summed E-state index contributed by atoms with van der Waals surface area (Å²) in [7, 11) is 0. The van der Waals surface area contributed by atoms with E-state index in [-0.39, 0.29) is 12.8 Å². The summed E-state index contributed by atoms with van der Waals surface area (Å²) in [6, 6.07) is 5.01. The lowest BCUT2D eigenvalue weighted by Gasteiger charge is -2.18. The average molecular weight is 339 g/mol. The Kier molecular flexibility index (Phi) is 4.83. The zero-order valence-corrected chi connectivity index (χ0v) is 12.7. The second kappa shape index (κ2) is 6.51. The van der Waals surface area contributed by atoms with Gasteiger partial charge in [0.2, 0.25) is 5.91 Å². The summed E-state index contributed by atoms with van der Waals surface area (Å²) in [5.41, 5.74) is 2.57. The van der Waals surface area contributed by atoms with Gasteiger partial charge in [-0.2, -0.15) is 5.26 Å². The van der Waals surface area contributed by atoms with Crippen LogP contribution in [-0.4, -0.2) is 17.4 Å². The second-order valence-corrected chi connectivity index (χ2v) is 5.83. The maximum Gasteiger partial charge on any atom is 0.276 e. The number of alkyl halides is 2. The summed E-state index contributed by atoms with van der Waals surface area (Å²) in [6.45, 7) is 0. The van der Waals surface area contributed by atoms with Gasteiger partial charge < -0.3 is 11.1 Å². The fraction of sp³-hybridized carbons (Fsp3) is 0.438. The second-order valence-electron chi connectivity index (χ2n) is 5.83. The summed E-state index contributed by atoms with van der Waals surface area (Å²) >= 11 is 0. The standard InChI is InChI=1S/C16H16F3N3O2/c17-13-10(14(21)24)3-1-4-11(13)16(18,19)6-2-5-12(23)22-15(9-20)7-8-15/h1,3-4H,2,5-8H2,(H2,21,24)(H,22,23). The molecule has 8 heteroatoms. The molecular formula is C16H16F3N3O2. The van der Waals surface area contributed by atoms with Crippen molar-refractivity contribution in [1.82, 2.24) is 5.32 Å². The maximum absolute atomic E-state index is 14.2. The lowest BCUT2D eigenvalue weighted by Crippen LogP contribution is -2.35. The number of hydrogen-bond acceptors (Lipinski definition) is 3. The Labute approximate surface area is 136 Å². The van der Waals surface area contributed by atoms with Crippen LogP contribution in [0.1, 0.15) is 48.0 Å². The molecule has 0 saturated heterocycles. The summed E-state index contributed by atoms with van der Waals surface area (Å²) in [5.74, 6) is -6.50. The number of carbonyl (C=O) groups excluding carboxylic acids is 2. The molecule has 1 aliphatic carbocycles. The van der Waals surface area contributed by atoms with Crippen molar-refractivity contribution >= 4 is 11.8 Å². The molecule has 3 N–H and O–H groups in total. The zero-order chi connectivity index (χ0) is 18.0. The molecular weight excluding hydrogens is 323 g/mol. The molecule has 0 radical (unpaired) electrons. The van der Waals surface area contributed by atoms with Gasteiger partial charge >= 0.3 is 0 Å². The van der Waals surface area contributed by atoms with E-state index in [1.54, 1.807) is 0 Å². The summed E-state index contributed by atoms with van der Waals surface area (Å²) in [5, 5.41) is 11.3. The molecule has 0 spiro atoms. The van der Waals surface area contributed by atoms with Crippen molar-refractivity contribution < 1.29 is 22.8 Å². The van der Waals surface area contributed by atoms with Gasteiger partial charge in [0.05, 0.1) is 17.2 Å². The van der Waals surface area contributed by atoms with Gasteiger partial charge in [-0.05, 0) is 25.3 Å². The van der Waals surface area contributed by atoms with Crippen molar-refractivity contribution in [3.8, 4) is 6.07 Å². The van der Waals surface area contributed by atoms with Gasteiger partial charge in [0, 0.05) is 12.8 Å². The first-order valence-electron chi connectivity index (χ1n) is 7.40. The van der Waals surface area contributed by atoms with E-state index in [4.69, 9.17) is 11.0 Å². The van der Waals surface area contributed by atoms with E-state index in [1.807, 2.05) is 6.07 Å². The first kappa shape index (κ1) is 17.8. The quantitative estimate of drug-likeness (QED) is 0.798. The third-order valence-corrected chi connectivity index (χ3v) is 3.90. The third-order valence-electron chi connectivity index (χ3n) is 3.90. The van der Waals surface area contributed by atoms with Crippen LogP contribution >= 0.6 is 0 Å². The topological polar surface area (TPSA) is 96.0 Å². The highest BCUT2D eigenvalue weighted by atomic mass is 19.3. The van der Waals surface area contributed by atoms with Gasteiger partial charge in [0.15, 0.2) is 0 Å². The molecule has 24 heavy (non-hydrogen) atoms. The number of nitrogens with zero attached hydrogens (tertiary/aromatic N) is 1. The van der Waals surface area contributed by atoms with E-state index in [9.17, 15) is 22.8 Å². The number of carbonyl (C=O) groups is 2. The normalized spacial score (nSPS) is 15.4. The molecule has 2 amide bonds. The number of halogens is 3. The average Bonchev–Trinajstić information content (AvgIpc) is 3.26. The fourth-order valence-electron chi connectivity index (χ4n) is 2.33. The lowest BCUT2D eigenvalue weighted by atomic mass is 9.99.